The van der Waals surface area contributed by atoms with Crippen molar-refractivity contribution >= 4 is 0 Å². The molecule has 120 valence electrons. The van der Waals surface area contributed by atoms with Gasteiger partial charge in [0.1, 0.15) is 5.75 Å². The number of hydrogen-bond donors (Lipinski definition) is 0. The lowest BCUT2D eigenvalue weighted by atomic mass is 10.0. The Morgan fingerprint density at radius 1 is 1.17 bits per heavy atom. The van der Waals surface area contributed by atoms with Gasteiger partial charge in [-0.2, -0.15) is 10.2 Å². The third-order valence-electron chi connectivity index (χ3n) is 3.63. The van der Waals surface area contributed by atoms with Crippen LogP contribution in [0, 0.1) is 11.3 Å². The van der Waals surface area contributed by atoms with Gasteiger partial charge in [-0.1, -0.05) is 49.3 Å². The Morgan fingerprint density at radius 2 is 1.96 bits per heavy atom. The lowest BCUT2D eigenvalue weighted by molar-refractivity contribution is 0.243. The summed E-state index contributed by atoms with van der Waals surface area (Å²) in [4.78, 5) is 4.34. The smallest absolute Gasteiger partial charge is 0.264 e. The van der Waals surface area contributed by atoms with Gasteiger partial charge < -0.3 is 9.26 Å². The normalized spacial score (nSPS) is 10.6. The van der Waals surface area contributed by atoms with Crippen LogP contribution in [0.25, 0.3) is 11.4 Å². The quantitative estimate of drug-likeness (QED) is 0.700. The highest BCUT2D eigenvalue weighted by Gasteiger charge is 2.10. The molecule has 0 amide bonds. The number of nitrogens with zero attached hydrogens (tertiary/aromatic N) is 3. The molecule has 0 fully saturated rings. The molecule has 24 heavy (non-hydrogen) atoms. The van der Waals surface area contributed by atoms with Gasteiger partial charge in [0.25, 0.3) is 5.89 Å². The minimum absolute atomic E-state index is 0.159. The van der Waals surface area contributed by atoms with E-state index >= 15 is 0 Å². The van der Waals surface area contributed by atoms with Gasteiger partial charge >= 0.3 is 0 Å². The summed E-state index contributed by atoms with van der Waals surface area (Å²) in [6, 6.07) is 17.1. The van der Waals surface area contributed by atoms with Crippen molar-refractivity contribution in [1.29, 1.82) is 5.26 Å². The SMILES string of the molecule is CC(C)c1ccc(-c2noc(COc3cccc(C#N)c3)n2)cc1. The zero-order valence-corrected chi connectivity index (χ0v) is 13.6. The Bertz CT molecular complexity index is 861. The summed E-state index contributed by atoms with van der Waals surface area (Å²) >= 11 is 0. The topological polar surface area (TPSA) is 71.9 Å². The minimum Gasteiger partial charge on any atom is -0.484 e. The van der Waals surface area contributed by atoms with Gasteiger partial charge in [0.05, 0.1) is 11.6 Å². The van der Waals surface area contributed by atoms with E-state index in [1.54, 1.807) is 24.3 Å². The molecule has 1 heterocycles. The van der Waals surface area contributed by atoms with Gasteiger partial charge in [0, 0.05) is 5.56 Å². The summed E-state index contributed by atoms with van der Waals surface area (Å²) in [5, 5.41) is 12.9. The fourth-order valence-electron chi connectivity index (χ4n) is 2.25. The van der Waals surface area contributed by atoms with Crippen LogP contribution in [0.5, 0.6) is 5.75 Å². The highest BCUT2D eigenvalue weighted by Crippen LogP contribution is 2.21. The predicted octanol–water partition coefficient (Wildman–Crippen LogP) is 4.31. The van der Waals surface area contributed by atoms with Gasteiger partial charge in [0.2, 0.25) is 5.82 Å². The number of aromatic nitrogens is 2. The van der Waals surface area contributed by atoms with Crippen LogP contribution in [-0.2, 0) is 6.61 Å². The van der Waals surface area contributed by atoms with Crippen LogP contribution in [0.2, 0.25) is 0 Å². The van der Waals surface area contributed by atoms with Crippen LogP contribution in [0.3, 0.4) is 0 Å². The largest absolute Gasteiger partial charge is 0.484 e. The number of rotatable bonds is 5. The molecular weight excluding hydrogens is 302 g/mol. The molecule has 0 aliphatic heterocycles. The van der Waals surface area contributed by atoms with Crippen molar-refractivity contribution in [3.8, 4) is 23.2 Å². The first-order chi connectivity index (χ1) is 11.7. The van der Waals surface area contributed by atoms with E-state index in [0.717, 1.165) is 5.56 Å². The molecule has 0 aliphatic rings. The van der Waals surface area contributed by atoms with Gasteiger partial charge in [-0.15, -0.1) is 0 Å². The molecule has 2 aromatic carbocycles. The number of hydrogen-bond acceptors (Lipinski definition) is 5. The Hall–Kier alpha value is -3.13. The summed E-state index contributed by atoms with van der Waals surface area (Å²) < 4.78 is 10.8. The fraction of sp³-hybridized carbons (Fsp3) is 0.211. The van der Waals surface area contributed by atoms with E-state index in [-0.39, 0.29) is 6.61 Å². The zero-order valence-electron chi connectivity index (χ0n) is 13.6. The van der Waals surface area contributed by atoms with Crippen molar-refractivity contribution in [2.75, 3.05) is 0 Å². The second-order valence-electron chi connectivity index (χ2n) is 5.72. The van der Waals surface area contributed by atoms with Crippen LogP contribution in [0.1, 0.15) is 36.8 Å². The molecular formula is C19H17N3O2. The Labute approximate surface area is 140 Å². The highest BCUT2D eigenvalue weighted by molar-refractivity contribution is 5.54. The summed E-state index contributed by atoms with van der Waals surface area (Å²) in [5.41, 5.74) is 2.72. The lowest BCUT2D eigenvalue weighted by Gasteiger charge is -2.04. The zero-order chi connectivity index (χ0) is 16.9. The van der Waals surface area contributed by atoms with Crippen molar-refractivity contribution in [3.63, 3.8) is 0 Å². The first-order valence-corrected chi connectivity index (χ1v) is 7.71. The highest BCUT2D eigenvalue weighted by atomic mass is 16.5. The predicted molar refractivity (Wildman–Crippen MR) is 89.3 cm³/mol. The van der Waals surface area contributed by atoms with Crippen molar-refractivity contribution in [2.24, 2.45) is 0 Å². The van der Waals surface area contributed by atoms with E-state index in [9.17, 15) is 0 Å². The maximum Gasteiger partial charge on any atom is 0.264 e. The minimum atomic E-state index is 0.159. The molecule has 1 aromatic heterocycles. The number of nitriles is 1. The van der Waals surface area contributed by atoms with E-state index in [0.29, 0.717) is 28.9 Å². The third-order valence-corrected chi connectivity index (χ3v) is 3.63. The standard InChI is InChI=1S/C19H17N3O2/c1-13(2)15-6-8-16(9-7-15)19-21-18(24-22-19)12-23-17-5-3-4-14(10-17)11-20/h3-10,13H,12H2,1-2H3. The second kappa shape index (κ2) is 6.97. The molecule has 0 radical (unpaired) electrons. The van der Waals surface area contributed by atoms with E-state index in [2.05, 4.69) is 42.2 Å². The average Bonchev–Trinajstić information content (AvgIpc) is 3.09. The molecule has 3 rings (SSSR count). The van der Waals surface area contributed by atoms with E-state index in [4.69, 9.17) is 14.5 Å². The average molecular weight is 319 g/mol. The van der Waals surface area contributed by atoms with Crippen molar-refractivity contribution in [3.05, 3.63) is 65.5 Å². The molecule has 3 aromatic rings. The molecule has 0 aliphatic carbocycles. The molecule has 0 bridgehead atoms. The van der Waals surface area contributed by atoms with Crippen LogP contribution >= 0.6 is 0 Å². The van der Waals surface area contributed by atoms with Crippen LogP contribution in [0.15, 0.2) is 53.1 Å². The fourth-order valence-corrected chi connectivity index (χ4v) is 2.25. The lowest BCUT2D eigenvalue weighted by Crippen LogP contribution is -1.96. The Kier molecular flexibility index (Phi) is 4.57. The summed E-state index contributed by atoms with van der Waals surface area (Å²) in [7, 11) is 0. The van der Waals surface area contributed by atoms with Crippen LogP contribution in [-0.4, -0.2) is 10.1 Å². The maximum atomic E-state index is 8.88. The monoisotopic (exact) mass is 319 g/mol. The Balaban J connectivity index is 1.68. The first kappa shape index (κ1) is 15.8. The molecule has 0 atom stereocenters. The molecule has 0 unspecified atom stereocenters. The van der Waals surface area contributed by atoms with Gasteiger partial charge in [-0.05, 0) is 29.7 Å². The summed E-state index contributed by atoms with van der Waals surface area (Å²) in [5.74, 6) is 2.00. The molecule has 0 spiro atoms. The third kappa shape index (κ3) is 3.61. The van der Waals surface area contributed by atoms with Crippen LogP contribution < -0.4 is 4.74 Å². The van der Waals surface area contributed by atoms with E-state index in [1.165, 1.54) is 5.56 Å². The van der Waals surface area contributed by atoms with E-state index < -0.39 is 0 Å². The van der Waals surface area contributed by atoms with Crippen LogP contribution in [0.4, 0.5) is 0 Å². The summed E-state index contributed by atoms with van der Waals surface area (Å²) in [6.45, 7) is 4.46. The molecule has 5 heteroatoms. The molecule has 0 saturated carbocycles. The molecule has 0 saturated heterocycles. The molecule has 0 N–H and O–H groups in total. The summed E-state index contributed by atoms with van der Waals surface area (Å²) in [6.07, 6.45) is 0. The van der Waals surface area contributed by atoms with Gasteiger partial charge in [0.15, 0.2) is 6.61 Å². The maximum absolute atomic E-state index is 8.88. The molecule has 5 nitrogen and oxygen atoms in total. The number of benzene rings is 2. The second-order valence-corrected chi connectivity index (χ2v) is 5.72. The Morgan fingerprint density at radius 3 is 2.67 bits per heavy atom. The first-order valence-electron chi connectivity index (χ1n) is 7.71. The van der Waals surface area contributed by atoms with E-state index in [1.807, 2.05) is 12.1 Å². The van der Waals surface area contributed by atoms with Crippen molar-refractivity contribution in [1.82, 2.24) is 10.1 Å². The van der Waals surface area contributed by atoms with Gasteiger partial charge in [-0.25, -0.2) is 0 Å². The van der Waals surface area contributed by atoms with Crippen molar-refractivity contribution in [2.45, 2.75) is 26.4 Å². The van der Waals surface area contributed by atoms with Gasteiger partial charge in [-0.3, -0.25) is 0 Å². The number of ether oxygens (including phenoxy) is 1. The van der Waals surface area contributed by atoms with Crippen molar-refractivity contribution < 1.29 is 9.26 Å².